The third kappa shape index (κ3) is 2.02. The first kappa shape index (κ1) is 12.4. The minimum Gasteiger partial charge on any atom is -0.506 e. The number of methoxy groups -OCH3 is 2. The van der Waals surface area contributed by atoms with Crippen LogP contribution in [0.25, 0.3) is 10.8 Å². The Morgan fingerprint density at radius 1 is 1.28 bits per heavy atom. The molecular formula is C14H14O4. The summed E-state index contributed by atoms with van der Waals surface area (Å²) in [6, 6.07) is 9.13. The molecule has 0 saturated heterocycles. The van der Waals surface area contributed by atoms with Gasteiger partial charge in [0.1, 0.15) is 11.3 Å². The molecule has 0 atom stereocenters. The fourth-order valence-corrected chi connectivity index (χ4v) is 1.98. The van der Waals surface area contributed by atoms with Crippen molar-refractivity contribution in [2.45, 2.75) is 6.61 Å². The number of phenolic OH excluding ortho intramolecular Hbond substituents is 1. The zero-order valence-corrected chi connectivity index (χ0v) is 10.3. The molecule has 0 heterocycles. The Balaban J connectivity index is 2.75. The number of hydrogen-bond donors (Lipinski definition) is 1. The third-order valence-corrected chi connectivity index (χ3v) is 2.79. The Bertz CT molecular complexity index is 590. The molecule has 4 nitrogen and oxygen atoms in total. The smallest absolute Gasteiger partial charge is 0.342 e. The number of aromatic hydroxyl groups is 1. The van der Waals surface area contributed by atoms with Gasteiger partial charge in [-0.25, -0.2) is 4.79 Å². The number of rotatable bonds is 3. The van der Waals surface area contributed by atoms with Crippen LogP contribution in [0, 0.1) is 0 Å². The molecule has 0 unspecified atom stereocenters. The van der Waals surface area contributed by atoms with Gasteiger partial charge in [-0.3, -0.25) is 0 Å². The Morgan fingerprint density at radius 2 is 2.00 bits per heavy atom. The van der Waals surface area contributed by atoms with Crippen LogP contribution in [-0.4, -0.2) is 25.3 Å². The zero-order valence-electron chi connectivity index (χ0n) is 10.3. The highest BCUT2D eigenvalue weighted by molar-refractivity contribution is 6.02. The van der Waals surface area contributed by atoms with Gasteiger partial charge >= 0.3 is 5.97 Å². The minimum atomic E-state index is -0.565. The number of ether oxygens (including phenoxy) is 2. The molecule has 0 radical (unpaired) electrons. The van der Waals surface area contributed by atoms with Gasteiger partial charge in [0.25, 0.3) is 0 Å². The average Bonchev–Trinajstić information content (AvgIpc) is 2.39. The summed E-state index contributed by atoms with van der Waals surface area (Å²) in [4.78, 5) is 11.7. The maximum absolute atomic E-state index is 11.7. The monoisotopic (exact) mass is 246 g/mol. The number of hydrogen-bond acceptors (Lipinski definition) is 4. The van der Waals surface area contributed by atoms with Gasteiger partial charge in [-0.1, -0.05) is 24.3 Å². The van der Waals surface area contributed by atoms with Crippen molar-refractivity contribution in [2.75, 3.05) is 14.2 Å². The number of phenols is 1. The van der Waals surface area contributed by atoms with Crippen molar-refractivity contribution in [1.82, 2.24) is 0 Å². The summed E-state index contributed by atoms with van der Waals surface area (Å²) in [6.07, 6.45) is 0. The van der Waals surface area contributed by atoms with E-state index in [4.69, 9.17) is 9.47 Å². The summed E-state index contributed by atoms with van der Waals surface area (Å²) in [7, 11) is 2.82. The lowest BCUT2D eigenvalue weighted by atomic mass is 9.99. The average molecular weight is 246 g/mol. The summed E-state index contributed by atoms with van der Waals surface area (Å²) in [5.74, 6) is -0.627. The third-order valence-electron chi connectivity index (χ3n) is 2.79. The zero-order chi connectivity index (χ0) is 13.1. The van der Waals surface area contributed by atoms with E-state index in [0.717, 1.165) is 5.39 Å². The van der Waals surface area contributed by atoms with E-state index >= 15 is 0 Å². The molecule has 18 heavy (non-hydrogen) atoms. The first-order valence-corrected chi connectivity index (χ1v) is 5.50. The molecule has 0 fully saturated rings. The molecule has 0 saturated carbocycles. The summed E-state index contributed by atoms with van der Waals surface area (Å²) >= 11 is 0. The van der Waals surface area contributed by atoms with Crippen LogP contribution in [0.1, 0.15) is 15.9 Å². The second-order valence-corrected chi connectivity index (χ2v) is 3.91. The van der Waals surface area contributed by atoms with Crippen LogP contribution in [0.15, 0.2) is 30.3 Å². The lowest BCUT2D eigenvalue weighted by Gasteiger charge is -2.12. The standard InChI is InChI=1S/C14H14O4/c1-17-8-10-7-9-5-3-4-6-11(9)13(15)12(10)14(16)18-2/h3-7,15H,8H2,1-2H3. The van der Waals surface area contributed by atoms with Crippen LogP contribution in [0.4, 0.5) is 0 Å². The van der Waals surface area contributed by atoms with Gasteiger partial charge in [0.05, 0.1) is 13.7 Å². The second-order valence-electron chi connectivity index (χ2n) is 3.91. The van der Waals surface area contributed by atoms with Crippen molar-refractivity contribution in [3.8, 4) is 5.75 Å². The summed E-state index contributed by atoms with van der Waals surface area (Å²) < 4.78 is 9.75. The molecule has 1 N–H and O–H groups in total. The highest BCUT2D eigenvalue weighted by Gasteiger charge is 2.19. The molecule has 0 aliphatic heterocycles. The van der Waals surface area contributed by atoms with Gasteiger partial charge in [-0.15, -0.1) is 0 Å². The normalized spacial score (nSPS) is 10.6. The maximum atomic E-state index is 11.7. The molecule has 0 aliphatic rings. The number of carbonyl (C=O) groups excluding carboxylic acids is 1. The molecule has 0 aromatic heterocycles. The van der Waals surface area contributed by atoms with Crippen molar-refractivity contribution < 1.29 is 19.4 Å². The van der Waals surface area contributed by atoms with E-state index in [9.17, 15) is 9.90 Å². The quantitative estimate of drug-likeness (QED) is 0.845. The lowest BCUT2D eigenvalue weighted by Crippen LogP contribution is -2.07. The van der Waals surface area contributed by atoms with E-state index in [-0.39, 0.29) is 17.9 Å². The SMILES string of the molecule is COCc1cc2ccccc2c(O)c1C(=O)OC. The number of fused-ring (bicyclic) bond motifs is 1. The van der Waals surface area contributed by atoms with E-state index in [0.29, 0.717) is 10.9 Å². The highest BCUT2D eigenvalue weighted by atomic mass is 16.5. The summed E-state index contributed by atoms with van der Waals surface area (Å²) in [5.41, 5.74) is 0.776. The van der Waals surface area contributed by atoms with Crippen molar-refractivity contribution in [2.24, 2.45) is 0 Å². The number of esters is 1. The van der Waals surface area contributed by atoms with Crippen molar-refractivity contribution in [1.29, 1.82) is 0 Å². The Morgan fingerprint density at radius 3 is 2.67 bits per heavy atom. The summed E-state index contributed by atoms with van der Waals surface area (Å²) in [6.45, 7) is 0.239. The van der Waals surface area contributed by atoms with Crippen LogP contribution < -0.4 is 0 Å². The van der Waals surface area contributed by atoms with E-state index in [1.54, 1.807) is 12.1 Å². The second kappa shape index (κ2) is 5.06. The minimum absolute atomic E-state index is 0.0630. The first-order valence-electron chi connectivity index (χ1n) is 5.50. The Labute approximate surface area is 105 Å². The largest absolute Gasteiger partial charge is 0.506 e. The van der Waals surface area contributed by atoms with E-state index in [2.05, 4.69) is 0 Å². The van der Waals surface area contributed by atoms with E-state index in [1.807, 2.05) is 18.2 Å². The Kier molecular flexibility index (Phi) is 3.48. The van der Waals surface area contributed by atoms with Crippen LogP contribution in [-0.2, 0) is 16.1 Å². The van der Waals surface area contributed by atoms with Crippen LogP contribution >= 0.6 is 0 Å². The molecule has 0 spiro atoms. The van der Waals surface area contributed by atoms with Gasteiger partial charge < -0.3 is 14.6 Å². The van der Waals surface area contributed by atoms with Crippen molar-refractivity contribution in [3.05, 3.63) is 41.5 Å². The van der Waals surface area contributed by atoms with Crippen molar-refractivity contribution >= 4 is 16.7 Å². The van der Waals surface area contributed by atoms with E-state index in [1.165, 1.54) is 14.2 Å². The molecular weight excluding hydrogens is 232 g/mol. The predicted molar refractivity (Wildman–Crippen MR) is 67.7 cm³/mol. The predicted octanol–water partition coefficient (Wildman–Crippen LogP) is 2.48. The van der Waals surface area contributed by atoms with Gasteiger partial charge in [0.15, 0.2) is 0 Å². The number of benzene rings is 2. The molecule has 0 aliphatic carbocycles. The molecule has 2 rings (SSSR count). The topological polar surface area (TPSA) is 55.8 Å². The van der Waals surface area contributed by atoms with Gasteiger partial charge in [0.2, 0.25) is 0 Å². The molecule has 0 amide bonds. The summed E-state index contributed by atoms with van der Waals surface area (Å²) in [5, 5.41) is 11.7. The molecule has 94 valence electrons. The highest BCUT2D eigenvalue weighted by Crippen LogP contribution is 2.32. The fraction of sp³-hybridized carbons (Fsp3) is 0.214. The van der Waals surface area contributed by atoms with E-state index < -0.39 is 5.97 Å². The molecule has 4 heteroatoms. The maximum Gasteiger partial charge on any atom is 0.342 e. The molecule has 0 bridgehead atoms. The van der Waals surface area contributed by atoms with Crippen LogP contribution in [0.5, 0.6) is 5.75 Å². The van der Waals surface area contributed by atoms with Gasteiger partial charge in [-0.2, -0.15) is 0 Å². The Hall–Kier alpha value is -2.07. The lowest BCUT2D eigenvalue weighted by molar-refractivity contribution is 0.0592. The van der Waals surface area contributed by atoms with Crippen LogP contribution in [0.2, 0.25) is 0 Å². The molecule has 2 aromatic carbocycles. The first-order chi connectivity index (χ1) is 8.69. The fourth-order valence-electron chi connectivity index (χ4n) is 1.98. The van der Waals surface area contributed by atoms with Crippen molar-refractivity contribution in [3.63, 3.8) is 0 Å². The molecule has 2 aromatic rings. The van der Waals surface area contributed by atoms with Gasteiger partial charge in [0, 0.05) is 12.5 Å². The van der Waals surface area contributed by atoms with Gasteiger partial charge in [-0.05, 0) is 17.0 Å². The number of carbonyl (C=O) groups is 1. The van der Waals surface area contributed by atoms with Crippen LogP contribution in [0.3, 0.4) is 0 Å².